The van der Waals surface area contributed by atoms with E-state index in [0.29, 0.717) is 0 Å². The number of hydrogen-bond acceptors (Lipinski definition) is 5. The Labute approximate surface area is 103 Å². The molecule has 6 heteroatoms. The maximum absolute atomic E-state index is 11.5. The highest BCUT2D eigenvalue weighted by Crippen LogP contribution is 2.26. The first-order valence-corrected chi connectivity index (χ1v) is 7.99. The highest BCUT2D eigenvalue weighted by Gasteiger charge is 2.42. The molecule has 0 spiro atoms. The topological polar surface area (TPSA) is 69.6 Å². The molecule has 0 aliphatic carbocycles. The van der Waals surface area contributed by atoms with Crippen molar-refractivity contribution in [1.82, 2.24) is 10.2 Å². The van der Waals surface area contributed by atoms with Crippen LogP contribution in [0.3, 0.4) is 0 Å². The number of sulfone groups is 1. The molecule has 0 aromatic rings. The molecule has 0 radical (unpaired) electrons. The number of hydrogen-bond donors (Lipinski definition) is 2. The van der Waals surface area contributed by atoms with Crippen molar-refractivity contribution in [3.63, 3.8) is 0 Å². The molecule has 5 nitrogen and oxygen atoms in total. The Balaban J connectivity index is 1.98. The number of piperidine rings is 1. The van der Waals surface area contributed by atoms with Gasteiger partial charge in [-0.2, -0.15) is 0 Å². The van der Waals surface area contributed by atoms with Crippen molar-refractivity contribution in [2.75, 3.05) is 31.6 Å². The minimum atomic E-state index is -3.04. The SMILES string of the molecule is CNC1(C)CCN(C2CS(=O)(=O)CC2O)CC1. The van der Waals surface area contributed by atoms with Crippen LogP contribution in [0.25, 0.3) is 0 Å². The molecule has 2 aliphatic rings. The molecular formula is C11H22N2O3S. The maximum atomic E-state index is 11.5. The second-order valence-electron chi connectivity index (χ2n) is 5.56. The van der Waals surface area contributed by atoms with Gasteiger partial charge in [0.15, 0.2) is 9.84 Å². The van der Waals surface area contributed by atoms with E-state index in [2.05, 4.69) is 17.1 Å². The molecule has 0 amide bonds. The van der Waals surface area contributed by atoms with Gasteiger partial charge in [0, 0.05) is 18.6 Å². The third kappa shape index (κ3) is 2.81. The van der Waals surface area contributed by atoms with Crippen LogP contribution in [0.15, 0.2) is 0 Å². The number of likely N-dealkylation sites (tertiary alicyclic amines) is 1. The lowest BCUT2D eigenvalue weighted by atomic mass is 9.89. The predicted octanol–water partition coefficient (Wildman–Crippen LogP) is -0.782. The quantitative estimate of drug-likeness (QED) is 0.683. The monoisotopic (exact) mass is 262 g/mol. The molecule has 0 bridgehead atoms. The molecule has 2 N–H and O–H groups in total. The summed E-state index contributed by atoms with van der Waals surface area (Å²) in [6, 6.07) is -0.193. The third-order valence-corrected chi connectivity index (χ3v) is 5.97. The predicted molar refractivity (Wildman–Crippen MR) is 66.7 cm³/mol. The van der Waals surface area contributed by atoms with Crippen molar-refractivity contribution in [2.45, 2.75) is 37.5 Å². The average Bonchev–Trinajstić information content (AvgIpc) is 2.53. The highest BCUT2D eigenvalue weighted by molar-refractivity contribution is 7.91. The smallest absolute Gasteiger partial charge is 0.154 e. The summed E-state index contributed by atoms with van der Waals surface area (Å²) in [6.45, 7) is 3.90. The Morgan fingerprint density at radius 3 is 2.29 bits per heavy atom. The summed E-state index contributed by atoms with van der Waals surface area (Å²) in [6.07, 6.45) is 1.28. The van der Waals surface area contributed by atoms with Crippen molar-refractivity contribution in [3.8, 4) is 0 Å². The van der Waals surface area contributed by atoms with E-state index in [1.807, 2.05) is 7.05 Å². The number of rotatable bonds is 2. The van der Waals surface area contributed by atoms with Gasteiger partial charge in [0.25, 0.3) is 0 Å². The Hall–Kier alpha value is -0.170. The first kappa shape index (κ1) is 13.3. The summed E-state index contributed by atoms with van der Waals surface area (Å²) in [4.78, 5) is 2.13. The fourth-order valence-corrected chi connectivity index (χ4v) is 4.59. The molecule has 0 saturated carbocycles. The van der Waals surface area contributed by atoms with Crippen molar-refractivity contribution < 1.29 is 13.5 Å². The van der Waals surface area contributed by atoms with Gasteiger partial charge in [-0.15, -0.1) is 0 Å². The van der Waals surface area contributed by atoms with E-state index in [1.54, 1.807) is 0 Å². The molecule has 0 aromatic heterocycles. The van der Waals surface area contributed by atoms with Crippen LogP contribution in [0.1, 0.15) is 19.8 Å². The lowest BCUT2D eigenvalue weighted by Gasteiger charge is -2.42. The number of aliphatic hydroxyl groups is 1. The van der Waals surface area contributed by atoms with E-state index < -0.39 is 15.9 Å². The summed E-state index contributed by atoms with van der Waals surface area (Å²) < 4.78 is 23.0. The molecule has 2 heterocycles. The van der Waals surface area contributed by atoms with Gasteiger partial charge < -0.3 is 10.4 Å². The summed E-state index contributed by atoms with van der Waals surface area (Å²) in [5.41, 5.74) is 0.152. The van der Waals surface area contributed by atoms with Crippen LogP contribution in [-0.2, 0) is 9.84 Å². The number of aliphatic hydroxyl groups excluding tert-OH is 1. The zero-order chi connectivity index (χ0) is 12.7. The second kappa shape index (κ2) is 4.50. The summed E-state index contributed by atoms with van der Waals surface area (Å²) >= 11 is 0. The van der Waals surface area contributed by atoms with Crippen molar-refractivity contribution in [2.24, 2.45) is 0 Å². The standard InChI is InChI=1S/C11H22N2O3S/c1-11(12-2)3-5-13(6-4-11)9-7-17(15,16)8-10(9)14/h9-10,12,14H,3-8H2,1-2H3. The van der Waals surface area contributed by atoms with Gasteiger partial charge in [-0.1, -0.05) is 0 Å². The average molecular weight is 262 g/mol. The van der Waals surface area contributed by atoms with Crippen LogP contribution >= 0.6 is 0 Å². The third-order valence-electron chi connectivity index (χ3n) is 4.27. The summed E-state index contributed by atoms with van der Waals surface area (Å²) in [5.74, 6) is 0.0435. The first-order chi connectivity index (χ1) is 7.85. The molecule has 2 rings (SSSR count). The molecule has 0 aromatic carbocycles. The molecule has 17 heavy (non-hydrogen) atoms. The van der Waals surface area contributed by atoms with Gasteiger partial charge in [-0.3, -0.25) is 4.90 Å². The Kier molecular flexibility index (Phi) is 3.51. The van der Waals surface area contributed by atoms with Crippen LogP contribution in [0, 0.1) is 0 Å². The van der Waals surface area contributed by atoms with E-state index >= 15 is 0 Å². The Bertz CT molecular complexity index is 374. The lowest BCUT2D eigenvalue weighted by molar-refractivity contribution is 0.0501. The molecule has 2 aliphatic heterocycles. The van der Waals surface area contributed by atoms with Crippen LogP contribution in [0.2, 0.25) is 0 Å². The number of nitrogens with one attached hydrogen (secondary N) is 1. The number of nitrogens with zero attached hydrogens (tertiary/aromatic N) is 1. The van der Waals surface area contributed by atoms with Gasteiger partial charge in [0.1, 0.15) is 0 Å². The zero-order valence-electron chi connectivity index (χ0n) is 10.5. The second-order valence-corrected chi connectivity index (χ2v) is 7.71. The minimum absolute atomic E-state index is 0.0720. The first-order valence-electron chi connectivity index (χ1n) is 6.17. The molecule has 2 fully saturated rings. The van der Waals surface area contributed by atoms with E-state index in [-0.39, 0.29) is 23.1 Å². The van der Waals surface area contributed by atoms with Gasteiger partial charge >= 0.3 is 0 Å². The lowest BCUT2D eigenvalue weighted by Crippen LogP contribution is -2.54. The fourth-order valence-electron chi connectivity index (χ4n) is 2.76. The molecule has 2 atom stereocenters. The van der Waals surface area contributed by atoms with E-state index in [1.165, 1.54) is 0 Å². The van der Waals surface area contributed by atoms with E-state index in [9.17, 15) is 13.5 Å². The maximum Gasteiger partial charge on any atom is 0.154 e. The van der Waals surface area contributed by atoms with Crippen LogP contribution in [-0.4, -0.2) is 67.8 Å². The molecule has 2 saturated heterocycles. The Morgan fingerprint density at radius 2 is 1.88 bits per heavy atom. The highest BCUT2D eigenvalue weighted by atomic mass is 32.2. The molecule has 2 unspecified atom stereocenters. The molecular weight excluding hydrogens is 240 g/mol. The zero-order valence-corrected chi connectivity index (χ0v) is 11.3. The molecule has 100 valence electrons. The largest absolute Gasteiger partial charge is 0.390 e. The van der Waals surface area contributed by atoms with E-state index in [4.69, 9.17) is 0 Å². The van der Waals surface area contributed by atoms with Crippen molar-refractivity contribution in [3.05, 3.63) is 0 Å². The normalized spacial score (nSPS) is 37.1. The Morgan fingerprint density at radius 1 is 1.29 bits per heavy atom. The summed E-state index contributed by atoms with van der Waals surface area (Å²) in [7, 11) is -1.07. The van der Waals surface area contributed by atoms with Gasteiger partial charge in [0.2, 0.25) is 0 Å². The van der Waals surface area contributed by atoms with Crippen LogP contribution in [0.5, 0.6) is 0 Å². The van der Waals surface area contributed by atoms with Gasteiger partial charge in [0.05, 0.1) is 23.7 Å². The summed E-state index contributed by atoms with van der Waals surface area (Å²) in [5, 5.41) is 13.1. The van der Waals surface area contributed by atoms with Crippen LogP contribution in [0.4, 0.5) is 0 Å². The van der Waals surface area contributed by atoms with E-state index in [0.717, 1.165) is 25.9 Å². The van der Waals surface area contributed by atoms with Crippen molar-refractivity contribution in [1.29, 1.82) is 0 Å². The van der Waals surface area contributed by atoms with Crippen molar-refractivity contribution >= 4 is 9.84 Å². The minimum Gasteiger partial charge on any atom is -0.390 e. The van der Waals surface area contributed by atoms with Gasteiger partial charge in [-0.05, 0) is 26.8 Å². The van der Waals surface area contributed by atoms with Gasteiger partial charge in [-0.25, -0.2) is 8.42 Å². The fraction of sp³-hybridized carbons (Fsp3) is 1.00. The van der Waals surface area contributed by atoms with Crippen LogP contribution < -0.4 is 5.32 Å².